The molecule has 0 saturated heterocycles. The van der Waals surface area contributed by atoms with E-state index >= 15 is 0 Å². The maximum Gasteiger partial charge on any atom is 0.241 e. The van der Waals surface area contributed by atoms with E-state index in [0.717, 1.165) is 24.0 Å². The quantitative estimate of drug-likeness (QED) is 0.864. The summed E-state index contributed by atoms with van der Waals surface area (Å²) >= 11 is 0. The van der Waals surface area contributed by atoms with Gasteiger partial charge in [0.2, 0.25) is 10.0 Å². The van der Waals surface area contributed by atoms with Crippen molar-refractivity contribution in [2.24, 2.45) is 11.7 Å². The van der Waals surface area contributed by atoms with Crippen LogP contribution in [0.2, 0.25) is 0 Å². The molecule has 0 bridgehead atoms. The van der Waals surface area contributed by atoms with Gasteiger partial charge in [-0.3, -0.25) is 0 Å². The maximum absolute atomic E-state index is 12.4. The fourth-order valence-electron chi connectivity index (χ4n) is 2.55. The van der Waals surface area contributed by atoms with Crippen molar-refractivity contribution < 1.29 is 8.42 Å². The van der Waals surface area contributed by atoms with Gasteiger partial charge in [0.05, 0.1) is 4.90 Å². The number of sulfonamides is 1. The van der Waals surface area contributed by atoms with Crippen molar-refractivity contribution in [2.75, 3.05) is 0 Å². The van der Waals surface area contributed by atoms with Crippen LogP contribution in [0.1, 0.15) is 37.8 Å². The molecule has 0 unspecified atom stereocenters. The highest BCUT2D eigenvalue weighted by Gasteiger charge is 2.30. The van der Waals surface area contributed by atoms with Crippen molar-refractivity contribution in [3.8, 4) is 0 Å². The topological polar surface area (TPSA) is 72.2 Å². The van der Waals surface area contributed by atoms with Gasteiger partial charge >= 0.3 is 0 Å². The zero-order chi connectivity index (χ0) is 14.0. The second-order valence-corrected chi connectivity index (χ2v) is 7.08. The van der Waals surface area contributed by atoms with E-state index in [4.69, 9.17) is 5.73 Å². The number of rotatable bonds is 5. The predicted octanol–water partition coefficient (Wildman–Crippen LogP) is 1.78. The summed E-state index contributed by atoms with van der Waals surface area (Å²) in [7, 11) is -3.42. The van der Waals surface area contributed by atoms with Crippen LogP contribution in [-0.4, -0.2) is 14.5 Å². The fourth-order valence-corrected chi connectivity index (χ4v) is 4.17. The van der Waals surface area contributed by atoms with E-state index in [2.05, 4.69) is 11.6 Å². The van der Waals surface area contributed by atoms with Crippen LogP contribution in [0.25, 0.3) is 0 Å². The first kappa shape index (κ1) is 14.5. The summed E-state index contributed by atoms with van der Waals surface area (Å²) in [5.74, 6) is 0.619. The van der Waals surface area contributed by atoms with Crippen molar-refractivity contribution in [3.05, 3.63) is 29.3 Å². The summed E-state index contributed by atoms with van der Waals surface area (Å²) in [6.45, 7) is 4.45. The molecule has 4 nitrogen and oxygen atoms in total. The van der Waals surface area contributed by atoms with Crippen LogP contribution in [0, 0.1) is 5.92 Å². The first-order chi connectivity index (χ1) is 8.96. The minimum absolute atomic E-state index is 0.0891. The monoisotopic (exact) mass is 282 g/mol. The van der Waals surface area contributed by atoms with Gasteiger partial charge in [-0.15, -0.1) is 0 Å². The summed E-state index contributed by atoms with van der Waals surface area (Å²) in [5.41, 5.74) is 7.29. The molecule has 0 amide bonds. The molecule has 1 aliphatic carbocycles. The number of hydrogen-bond acceptors (Lipinski definition) is 3. The Morgan fingerprint density at radius 2 is 2.05 bits per heavy atom. The Hall–Kier alpha value is -0.910. The van der Waals surface area contributed by atoms with Crippen molar-refractivity contribution in [2.45, 2.75) is 50.6 Å². The van der Waals surface area contributed by atoms with E-state index in [0.29, 0.717) is 23.8 Å². The van der Waals surface area contributed by atoms with E-state index in [1.54, 1.807) is 6.07 Å². The number of hydrogen-bond donors (Lipinski definition) is 2. The van der Waals surface area contributed by atoms with E-state index in [9.17, 15) is 8.42 Å². The lowest BCUT2D eigenvalue weighted by atomic mass is 9.83. The molecule has 0 spiro atoms. The Labute approximate surface area is 115 Å². The van der Waals surface area contributed by atoms with E-state index in [1.807, 2.05) is 19.1 Å². The van der Waals surface area contributed by atoms with Gasteiger partial charge in [0.25, 0.3) is 0 Å². The largest absolute Gasteiger partial charge is 0.326 e. The minimum Gasteiger partial charge on any atom is -0.326 e. The molecule has 0 aliphatic heterocycles. The zero-order valence-electron chi connectivity index (χ0n) is 11.5. The van der Waals surface area contributed by atoms with Gasteiger partial charge in [0.15, 0.2) is 0 Å². The lowest BCUT2D eigenvalue weighted by Crippen LogP contribution is -2.43. The van der Waals surface area contributed by atoms with Crippen molar-refractivity contribution in [1.82, 2.24) is 4.72 Å². The smallest absolute Gasteiger partial charge is 0.241 e. The highest BCUT2D eigenvalue weighted by Crippen LogP contribution is 2.28. The average molecular weight is 282 g/mol. The van der Waals surface area contributed by atoms with Crippen LogP contribution < -0.4 is 10.5 Å². The fraction of sp³-hybridized carbons (Fsp3) is 0.571. The van der Waals surface area contributed by atoms with Crippen molar-refractivity contribution in [3.63, 3.8) is 0 Å². The normalized spacial score (nSPS) is 23.1. The minimum atomic E-state index is -3.42. The Morgan fingerprint density at radius 1 is 1.37 bits per heavy atom. The molecule has 2 rings (SSSR count). The van der Waals surface area contributed by atoms with E-state index < -0.39 is 10.0 Å². The molecule has 1 saturated carbocycles. The molecule has 5 heteroatoms. The molecule has 106 valence electrons. The van der Waals surface area contributed by atoms with Crippen LogP contribution in [0.5, 0.6) is 0 Å². The lowest BCUT2D eigenvalue weighted by Gasteiger charge is -2.33. The third-order valence-electron chi connectivity index (χ3n) is 3.73. The van der Waals surface area contributed by atoms with Crippen LogP contribution >= 0.6 is 0 Å². The molecule has 1 aromatic rings. The van der Waals surface area contributed by atoms with E-state index in [1.165, 1.54) is 0 Å². The Kier molecular flexibility index (Phi) is 4.28. The first-order valence-corrected chi connectivity index (χ1v) is 8.28. The standard InChI is InChI=1S/C14H22N2O2S/c1-3-12-5-4-11(9-15)8-14(12)19(17,18)16-13-6-10(2)7-13/h4-5,8,10,13,16H,3,6-7,9,15H2,1-2H3. The molecule has 0 aromatic heterocycles. The molecule has 1 aliphatic rings. The molecule has 0 radical (unpaired) electrons. The van der Waals surface area contributed by atoms with Gasteiger partial charge in [0.1, 0.15) is 0 Å². The van der Waals surface area contributed by atoms with Gasteiger partial charge in [-0.1, -0.05) is 26.0 Å². The number of aryl methyl sites for hydroxylation is 1. The Morgan fingerprint density at radius 3 is 2.58 bits per heavy atom. The van der Waals surface area contributed by atoms with Crippen LogP contribution in [0.15, 0.2) is 23.1 Å². The van der Waals surface area contributed by atoms with Gasteiger partial charge in [-0.2, -0.15) is 0 Å². The second-order valence-electron chi connectivity index (χ2n) is 5.39. The highest BCUT2D eigenvalue weighted by atomic mass is 32.2. The predicted molar refractivity (Wildman–Crippen MR) is 76.2 cm³/mol. The van der Waals surface area contributed by atoms with Crippen molar-refractivity contribution in [1.29, 1.82) is 0 Å². The van der Waals surface area contributed by atoms with Crippen LogP contribution in [-0.2, 0) is 23.0 Å². The molecule has 1 aromatic carbocycles. The molecule has 1 fully saturated rings. The molecule has 3 N–H and O–H groups in total. The Balaban J connectivity index is 2.27. The van der Waals surface area contributed by atoms with Crippen LogP contribution in [0.3, 0.4) is 0 Å². The summed E-state index contributed by atoms with van der Waals surface area (Å²) in [6, 6.07) is 5.54. The second kappa shape index (κ2) is 5.61. The summed E-state index contributed by atoms with van der Waals surface area (Å²) in [5, 5.41) is 0. The first-order valence-electron chi connectivity index (χ1n) is 6.80. The molecule has 0 heterocycles. The molecular formula is C14H22N2O2S. The van der Waals surface area contributed by atoms with E-state index in [-0.39, 0.29) is 6.04 Å². The molecule has 19 heavy (non-hydrogen) atoms. The summed E-state index contributed by atoms with van der Waals surface area (Å²) in [4.78, 5) is 0.387. The third-order valence-corrected chi connectivity index (χ3v) is 5.34. The number of benzene rings is 1. The third kappa shape index (κ3) is 3.16. The van der Waals surface area contributed by atoms with Gasteiger partial charge in [-0.25, -0.2) is 13.1 Å². The maximum atomic E-state index is 12.4. The van der Waals surface area contributed by atoms with Gasteiger partial charge in [-0.05, 0) is 42.4 Å². The molecule has 0 atom stereocenters. The van der Waals surface area contributed by atoms with Crippen LogP contribution in [0.4, 0.5) is 0 Å². The van der Waals surface area contributed by atoms with Gasteiger partial charge in [0, 0.05) is 12.6 Å². The van der Waals surface area contributed by atoms with Gasteiger partial charge < -0.3 is 5.73 Å². The number of nitrogens with one attached hydrogen (secondary N) is 1. The zero-order valence-corrected chi connectivity index (χ0v) is 12.3. The lowest BCUT2D eigenvalue weighted by molar-refractivity contribution is 0.270. The average Bonchev–Trinajstić information content (AvgIpc) is 2.36. The van der Waals surface area contributed by atoms with Crippen molar-refractivity contribution >= 4 is 10.0 Å². The summed E-state index contributed by atoms with van der Waals surface area (Å²) < 4.78 is 27.7. The molecular weight excluding hydrogens is 260 g/mol. The summed E-state index contributed by atoms with van der Waals surface area (Å²) in [6.07, 6.45) is 2.55. The SMILES string of the molecule is CCc1ccc(CN)cc1S(=O)(=O)NC1CC(C)C1. The highest BCUT2D eigenvalue weighted by molar-refractivity contribution is 7.89. The number of nitrogens with two attached hydrogens (primary N) is 1. The Bertz CT molecular complexity index is 549.